The molecule has 6 nitrogen and oxygen atoms in total. The Kier molecular flexibility index (Phi) is 3.98. The van der Waals surface area contributed by atoms with Crippen LogP contribution in [0.1, 0.15) is 43.4 Å². The van der Waals surface area contributed by atoms with Gasteiger partial charge in [0.05, 0.1) is 11.5 Å². The molecule has 1 aliphatic rings. The first-order valence-corrected chi connectivity index (χ1v) is 7.09. The predicted octanol–water partition coefficient (Wildman–Crippen LogP) is 2.46. The van der Waals surface area contributed by atoms with Gasteiger partial charge in [0.2, 0.25) is 0 Å². The number of carbonyl (C=O) groups is 2. The van der Waals surface area contributed by atoms with Crippen molar-refractivity contribution in [2.75, 3.05) is 13.1 Å². The van der Waals surface area contributed by atoms with Crippen molar-refractivity contribution in [3.05, 3.63) is 23.2 Å². The number of aliphatic carboxylic acids is 1. The number of aryl methyl sites for hydroxylation is 2. The van der Waals surface area contributed by atoms with Crippen LogP contribution in [0.4, 0.5) is 4.79 Å². The van der Waals surface area contributed by atoms with Gasteiger partial charge in [-0.2, -0.15) is 0 Å². The number of furan rings is 1. The average Bonchev–Trinajstić information content (AvgIpc) is 2.93. The normalized spacial score (nSPS) is 23.1. The van der Waals surface area contributed by atoms with E-state index in [4.69, 9.17) is 4.42 Å². The van der Waals surface area contributed by atoms with Gasteiger partial charge in [0, 0.05) is 18.7 Å². The van der Waals surface area contributed by atoms with Gasteiger partial charge in [-0.1, -0.05) is 0 Å². The number of hydrogen-bond acceptors (Lipinski definition) is 3. The predicted molar refractivity (Wildman–Crippen MR) is 77.1 cm³/mol. The van der Waals surface area contributed by atoms with Crippen molar-refractivity contribution >= 4 is 12.0 Å². The molecule has 0 aliphatic carbocycles. The Hall–Kier alpha value is -1.98. The molecule has 6 heteroatoms. The number of nitrogens with zero attached hydrogens (tertiary/aromatic N) is 1. The highest BCUT2D eigenvalue weighted by molar-refractivity contribution is 5.79. The molecule has 2 amide bonds. The highest BCUT2D eigenvalue weighted by Gasteiger charge is 2.42. The van der Waals surface area contributed by atoms with Gasteiger partial charge < -0.3 is 19.7 Å². The van der Waals surface area contributed by atoms with Crippen LogP contribution in [0, 0.1) is 19.3 Å². The fraction of sp³-hybridized carbons (Fsp3) is 0.600. The molecule has 0 radical (unpaired) electrons. The molecule has 2 N–H and O–H groups in total. The second-order valence-electron chi connectivity index (χ2n) is 6.08. The fourth-order valence-electron chi connectivity index (χ4n) is 2.74. The van der Waals surface area contributed by atoms with Crippen LogP contribution < -0.4 is 5.32 Å². The third-order valence-corrected chi connectivity index (χ3v) is 4.16. The van der Waals surface area contributed by atoms with E-state index in [-0.39, 0.29) is 18.6 Å². The van der Waals surface area contributed by atoms with Gasteiger partial charge in [-0.25, -0.2) is 4.79 Å². The van der Waals surface area contributed by atoms with E-state index in [0.717, 1.165) is 17.1 Å². The van der Waals surface area contributed by atoms with E-state index in [0.29, 0.717) is 13.0 Å². The molecule has 1 fully saturated rings. The summed E-state index contributed by atoms with van der Waals surface area (Å²) in [5.41, 5.74) is 0.101. The number of carboxylic acid groups (broad SMARTS) is 1. The Morgan fingerprint density at radius 2 is 2.14 bits per heavy atom. The van der Waals surface area contributed by atoms with Crippen molar-refractivity contribution < 1.29 is 19.1 Å². The van der Waals surface area contributed by atoms with E-state index in [1.54, 1.807) is 11.8 Å². The molecule has 0 bridgehead atoms. The van der Waals surface area contributed by atoms with E-state index < -0.39 is 11.4 Å². The minimum atomic E-state index is -0.854. The van der Waals surface area contributed by atoms with Crippen molar-refractivity contribution in [2.45, 2.75) is 40.2 Å². The summed E-state index contributed by atoms with van der Waals surface area (Å²) in [5, 5.41) is 12.1. The molecule has 2 heterocycles. The maximum atomic E-state index is 12.2. The number of likely N-dealkylation sites (tertiary alicyclic amines) is 1. The van der Waals surface area contributed by atoms with Crippen LogP contribution in [0.3, 0.4) is 0 Å². The van der Waals surface area contributed by atoms with Crippen LogP contribution in [0.2, 0.25) is 0 Å². The minimum Gasteiger partial charge on any atom is -0.481 e. The standard InChI is InChI=1S/C15H22N2O4/c1-9-7-12(11(3)21-9)10(2)16-14(20)17-6-5-15(4,8-17)13(18)19/h7,10H,5-6,8H2,1-4H3,(H,16,20)(H,18,19). The highest BCUT2D eigenvalue weighted by atomic mass is 16.4. The molecule has 1 aromatic heterocycles. The molecular formula is C15H22N2O4. The van der Waals surface area contributed by atoms with E-state index in [9.17, 15) is 14.7 Å². The van der Waals surface area contributed by atoms with Crippen molar-refractivity contribution in [3.63, 3.8) is 0 Å². The molecule has 2 unspecified atom stereocenters. The molecule has 0 saturated carbocycles. The number of urea groups is 1. The van der Waals surface area contributed by atoms with E-state index in [1.807, 2.05) is 26.8 Å². The molecule has 21 heavy (non-hydrogen) atoms. The van der Waals surface area contributed by atoms with E-state index in [1.165, 1.54) is 0 Å². The fourth-order valence-corrected chi connectivity index (χ4v) is 2.74. The first kappa shape index (κ1) is 15.4. The Labute approximate surface area is 124 Å². The van der Waals surface area contributed by atoms with Crippen LogP contribution in [-0.4, -0.2) is 35.1 Å². The number of rotatable bonds is 3. The largest absolute Gasteiger partial charge is 0.481 e. The molecule has 116 valence electrons. The summed E-state index contributed by atoms with van der Waals surface area (Å²) in [6.45, 7) is 8.00. The molecule has 1 aromatic rings. The highest BCUT2D eigenvalue weighted by Crippen LogP contribution is 2.30. The summed E-state index contributed by atoms with van der Waals surface area (Å²) in [5.74, 6) is 0.743. The Bertz CT molecular complexity index is 566. The zero-order valence-electron chi connectivity index (χ0n) is 12.9. The first-order chi connectivity index (χ1) is 9.73. The summed E-state index contributed by atoms with van der Waals surface area (Å²) in [7, 11) is 0. The van der Waals surface area contributed by atoms with Gasteiger partial charge in [-0.3, -0.25) is 4.79 Å². The lowest BCUT2D eigenvalue weighted by atomic mass is 9.90. The zero-order chi connectivity index (χ0) is 15.8. The van der Waals surface area contributed by atoms with Crippen LogP contribution >= 0.6 is 0 Å². The lowest BCUT2D eigenvalue weighted by Gasteiger charge is -2.22. The van der Waals surface area contributed by atoms with Crippen LogP contribution in [0.15, 0.2) is 10.5 Å². The van der Waals surface area contributed by atoms with Gasteiger partial charge in [-0.05, 0) is 40.2 Å². The lowest BCUT2D eigenvalue weighted by molar-refractivity contribution is -0.146. The molecule has 1 aliphatic heterocycles. The Balaban J connectivity index is 1.99. The number of carbonyl (C=O) groups excluding carboxylic acids is 1. The summed E-state index contributed by atoms with van der Waals surface area (Å²) in [4.78, 5) is 25.0. The van der Waals surface area contributed by atoms with Crippen molar-refractivity contribution in [3.8, 4) is 0 Å². The third-order valence-electron chi connectivity index (χ3n) is 4.16. The van der Waals surface area contributed by atoms with Gasteiger partial charge >= 0.3 is 12.0 Å². The number of nitrogens with one attached hydrogen (secondary N) is 1. The summed E-state index contributed by atoms with van der Waals surface area (Å²) >= 11 is 0. The lowest BCUT2D eigenvalue weighted by Crippen LogP contribution is -2.41. The Morgan fingerprint density at radius 1 is 1.48 bits per heavy atom. The van der Waals surface area contributed by atoms with Crippen LogP contribution in [0.5, 0.6) is 0 Å². The average molecular weight is 294 g/mol. The smallest absolute Gasteiger partial charge is 0.317 e. The minimum absolute atomic E-state index is 0.174. The van der Waals surface area contributed by atoms with E-state index in [2.05, 4.69) is 5.32 Å². The second kappa shape index (κ2) is 5.42. The van der Waals surface area contributed by atoms with Crippen molar-refractivity contribution in [1.82, 2.24) is 10.2 Å². The third kappa shape index (κ3) is 3.04. The Morgan fingerprint density at radius 3 is 2.62 bits per heavy atom. The number of amides is 2. The maximum Gasteiger partial charge on any atom is 0.317 e. The quantitative estimate of drug-likeness (QED) is 0.897. The van der Waals surface area contributed by atoms with Gasteiger partial charge in [0.15, 0.2) is 0 Å². The SMILES string of the molecule is Cc1cc(C(C)NC(=O)N2CCC(C)(C(=O)O)C2)c(C)o1. The van der Waals surface area contributed by atoms with Crippen molar-refractivity contribution in [1.29, 1.82) is 0 Å². The summed E-state index contributed by atoms with van der Waals surface area (Å²) < 4.78 is 5.46. The van der Waals surface area contributed by atoms with Crippen LogP contribution in [0.25, 0.3) is 0 Å². The number of hydrogen-bond donors (Lipinski definition) is 2. The zero-order valence-corrected chi connectivity index (χ0v) is 12.9. The van der Waals surface area contributed by atoms with Crippen LogP contribution in [-0.2, 0) is 4.79 Å². The molecule has 0 aromatic carbocycles. The van der Waals surface area contributed by atoms with Gasteiger partial charge in [-0.15, -0.1) is 0 Å². The summed E-state index contributed by atoms with van der Waals surface area (Å²) in [6.07, 6.45) is 0.480. The molecule has 0 spiro atoms. The molecule has 1 saturated heterocycles. The topological polar surface area (TPSA) is 82.8 Å². The van der Waals surface area contributed by atoms with E-state index >= 15 is 0 Å². The first-order valence-electron chi connectivity index (χ1n) is 7.09. The summed E-state index contributed by atoms with van der Waals surface area (Å²) in [6, 6.07) is 1.50. The molecular weight excluding hydrogens is 272 g/mol. The molecule has 2 rings (SSSR count). The van der Waals surface area contributed by atoms with Crippen molar-refractivity contribution in [2.24, 2.45) is 5.41 Å². The van der Waals surface area contributed by atoms with Gasteiger partial charge in [0.1, 0.15) is 11.5 Å². The number of carboxylic acids is 1. The maximum absolute atomic E-state index is 12.2. The van der Waals surface area contributed by atoms with Gasteiger partial charge in [0.25, 0.3) is 0 Å². The molecule has 2 atom stereocenters. The monoisotopic (exact) mass is 294 g/mol. The second-order valence-corrected chi connectivity index (χ2v) is 6.08.